The predicted molar refractivity (Wildman–Crippen MR) is 106 cm³/mol. The van der Waals surface area contributed by atoms with E-state index in [-0.39, 0.29) is 6.10 Å². The topological polar surface area (TPSA) is 23.5 Å². The molecule has 3 unspecified atom stereocenters. The van der Waals surface area contributed by atoms with Crippen molar-refractivity contribution in [2.45, 2.75) is 105 Å². The smallest absolute Gasteiger partial charge is 0.0592 e. The van der Waals surface area contributed by atoms with Gasteiger partial charge in [-0.05, 0) is 62.9 Å². The second-order valence-corrected chi connectivity index (χ2v) is 9.32. The van der Waals surface area contributed by atoms with Crippen LogP contribution in [0.5, 0.6) is 0 Å². The van der Waals surface area contributed by atoms with E-state index in [4.69, 9.17) is 0 Å². The van der Waals surface area contributed by atoms with Crippen molar-refractivity contribution < 1.29 is 5.11 Å². The quantitative estimate of drug-likeness (QED) is 0.519. The van der Waals surface area contributed by atoms with Gasteiger partial charge in [-0.1, -0.05) is 66.7 Å². The van der Waals surface area contributed by atoms with Crippen molar-refractivity contribution >= 4 is 0 Å². The van der Waals surface area contributed by atoms with Crippen LogP contribution in [0.2, 0.25) is 0 Å². The summed E-state index contributed by atoms with van der Waals surface area (Å²) in [5, 5.41) is 10.3. The molecule has 1 rings (SSSR count). The molecule has 1 heterocycles. The van der Waals surface area contributed by atoms with Crippen LogP contribution in [0.1, 0.15) is 92.9 Å². The number of hydrogen-bond acceptors (Lipinski definition) is 2. The van der Waals surface area contributed by atoms with Crippen LogP contribution in [0.25, 0.3) is 0 Å². The van der Waals surface area contributed by atoms with Crippen molar-refractivity contribution in [3.8, 4) is 0 Å². The number of likely N-dealkylation sites (tertiary alicyclic amines) is 1. The van der Waals surface area contributed by atoms with Gasteiger partial charge < -0.3 is 10.0 Å². The molecular weight excluding hydrogens is 294 g/mol. The van der Waals surface area contributed by atoms with Gasteiger partial charge in [0.2, 0.25) is 0 Å². The molecule has 1 N–H and O–H groups in total. The van der Waals surface area contributed by atoms with E-state index in [1.807, 2.05) is 0 Å². The lowest BCUT2D eigenvalue weighted by Gasteiger charge is -2.38. The highest BCUT2D eigenvalue weighted by Gasteiger charge is 2.28. The van der Waals surface area contributed by atoms with Gasteiger partial charge in [-0.3, -0.25) is 0 Å². The monoisotopic (exact) mass is 339 g/mol. The molecule has 1 aliphatic heterocycles. The van der Waals surface area contributed by atoms with Crippen LogP contribution in [0.4, 0.5) is 0 Å². The zero-order chi connectivity index (χ0) is 18.1. The van der Waals surface area contributed by atoms with Crippen LogP contribution in [-0.2, 0) is 0 Å². The zero-order valence-electron chi connectivity index (χ0n) is 17.4. The lowest BCUT2D eigenvalue weighted by atomic mass is 9.85. The number of hydrogen-bond donors (Lipinski definition) is 1. The van der Waals surface area contributed by atoms with Gasteiger partial charge in [0.25, 0.3) is 0 Å². The fraction of sp³-hybridized carbons (Fsp3) is 1.00. The average Bonchev–Trinajstić information content (AvgIpc) is 2.53. The summed E-state index contributed by atoms with van der Waals surface area (Å²) in [5.41, 5.74) is 0. The molecule has 0 aromatic rings. The molecular formula is C22H45NO. The minimum absolute atomic E-state index is 0.103. The molecule has 144 valence electrons. The number of piperidine rings is 1. The summed E-state index contributed by atoms with van der Waals surface area (Å²) in [6, 6.07) is 0.713. The zero-order valence-corrected chi connectivity index (χ0v) is 17.4. The molecule has 0 radical (unpaired) electrons. The average molecular weight is 340 g/mol. The summed E-state index contributed by atoms with van der Waals surface area (Å²) in [7, 11) is 0. The second-order valence-electron chi connectivity index (χ2n) is 9.32. The lowest BCUT2D eigenvalue weighted by Crippen LogP contribution is -2.43. The summed E-state index contributed by atoms with van der Waals surface area (Å²) in [4.78, 5) is 2.66. The third-order valence-electron chi connectivity index (χ3n) is 6.16. The Morgan fingerprint density at radius 1 is 0.833 bits per heavy atom. The van der Waals surface area contributed by atoms with Gasteiger partial charge in [0.05, 0.1) is 6.10 Å². The van der Waals surface area contributed by atoms with Gasteiger partial charge in [0.1, 0.15) is 0 Å². The largest absolute Gasteiger partial charge is 0.393 e. The standard InChI is InChI=1S/C22H45NO/c1-17(2)9-7-10-19(5)11-8-12-20(6)23-15-13-21(14-16-23)22(24)18(3)4/h17-22,24H,7-16H2,1-6H3. The van der Waals surface area contributed by atoms with Crippen molar-refractivity contribution in [3.05, 3.63) is 0 Å². The van der Waals surface area contributed by atoms with E-state index in [2.05, 4.69) is 46.4 Å². The Bertz CT molecular complexity index is 307. The number of rotatable bonds is 11. The van der Waals surface area contributed by atoms with Gasteiger partial charge >= 0.3 is 0 Å². The molecule has 24 heavy (non-hydrogen) atoms. The first-order valence-electron chi connectivity index (χ1n) is 10.7. The van der Waals surface area contributed by atoms with E-state index in [0.29, 0.717) is 17.9 Å². The second kappa shape index (κ2) is 11.5. The normalized spacial score (nSPS) is 21.4. The summed E-state index contributed by atoms with van der Waals surface area (Å²) in [6.07, 6.45) is 10.6. The Morgan fingerprint density at radius 2 is 1.38 bits per heavy atom. The van der Waals surface area contributed by atoms with Crippen LogP contribution in [0.3, 0.4) is 0 Å². The Morgan fingerprint density at radius 3 is 1.88 bits per heavy atom. The minimum atomic E-state index is -0.103. The van der Waals surface area contributed by atoms with Gasteiger partial charge in [-0.2, -0.15) is 0 Å². The van der Waals surface area contributed by atoms with Crippen molar-refractivity contribution in [1.29, 1.82) is 0 Å². The number of nitrogens with zero attached hydrogens (tertiary/aromatic N) is 1. The highest BCUT2D eigenvalue weighted by atomic mass is 16.3. The Hall–Kier alpha value is -0.0800. The van der Waals surface area contributed by atoms with Gasteiger partial charge in [0, 0.05) is 6.04 Å². The summed E-state index contributed by atoms with van der Waals surface area (Å²) in [5.74, 6) is 2.67. The Labute approximate surface area is 152 Å². The van der Waals surface area contributed by atoms with Crippen LogP contribution < -0.4 is 0 Å². The fourth-order valence-electron chi connectivity index (χ4n) is 4.21. The summed E-state index contributed by atoms with van der Waals surface area (Å²) < 4.78 is 0. The van der Waals surface area contributed by atoms with Crippen LogP contribution in [-0.4, -0.2) is 35.2 Å². The van der Waals surface area contributed by atoms with E-state index in [1.54, 1.807) is 0 Å². The highest BCUT2D eigenvalue weighted by molar-refractivity contribution is 4.81. The van der Waals surface area contributed by atoms with Crippen molar-refractivity contribution in [2.24, 2.45) is 23.7 Å². The SMILES string of the molecule is CC(C)CCCC(C)CCCC(C)N1CCC(C(O)C(C)C)CC1. The molecule has 0 amide bonds. The molecule has 0 aromatic carbocycles. The maximum atomic E-state index is 10.3. The van der Waals surface area contributed by atoms with Crippen LogP contribution in [0, 0.1) is 23.7 Å². The molecule has 0 aliphatic carbocycles. The number of aliphatic hydroxyl groups is 1. The first kappa shape index (κ1) is 22.0. The van der Waals surface area contributed by atoms with E-state index < -0.39 is 0 Å². The lowest BCUT2D eigenvalue weighted by molar-refractivity contribution is 0.0197. The molecule has 0 aromatic heterocycles. The van der Waals surface area contributed by atoms with Crippen molar-refractivity contribution in [1.82, 2.24) is 4.90 Å². The molecule has 1 saturated heterocycles. The maximum absolute atomic E-state index is 10.3. The van der Waals surface area contributed by atoms with E-state index in [9.17, 15) is 5.11 Å². The van der Waals surface area contributed by atoms with Crippen LogP contribution in [0.15, 0.2) is 0 Å². The van der Waals surface area contributed by atoms with Gasteiger partial charge in [-0.25, -0.2) is 0 Å². The first-order chi connectivity index (χ1) is 11.3. The Balaban J connectivity index is 2.15. The minimum Gasteiger partial charge on any atom is -0.393 e. The first-order valence-corrected chi connectivity index (χ1v) is 10.7. The van der Waals surface area contributed by atoms with E-state index >= 15 is 0 Å². The predicted octanol–water partition coefficient (Wildman–Crippen LogP) is 5.74. The fourth-order valence-corrected chi connectivity index (χ4v) is 4.21. The van der Waals surface area contributed by atoms with Crippen LogP contribution >= 0.6 is 0 Å². The third-order valence-corrected chi connectivity index (χ3v) is 6.16. The van der Waals surface area contributed by atoms with E-state index in [0.717, 1.165) is 11.8 Å². The number of aliphatic hydroxyl groups excluding tert-OH is 1. The van der Waals surface area contributed by atoms with Crippen molar-refractivity contribution in [3.63, 3.8) is 0 Å². The molecule has 0 saturated carbocycles. The molecule has 0 bridgehead atoms. The van der Waals surface area contributed by atoms with Gasteiger partial charge in [0.15, 0.2) is 0 Å². The van der Waals surface area contributed by atoms with Gasteiger partial charge in [-0.15, -0.1) is 0 Å². The van der Waals surface area contributed by atoms with Crippen molar-refractivity contribution in [2.75, 3.05) is 13.1 Å². The maximum Gasteiger partial charge on any atom is 0.0592 e. The molecule has 2 nitrogen and oxygen atoms in total. The summed E-state index contributed by atoms with van der Waals surface area (Å²) in [6.45, 7) is 16.1. The molecule has 1 fully saturated rings. The highest BCUT2D eigenvalue weighted by Crippen LogP contribution is 2.27. The third kappa shape index (κ3) is 8.34. The van der Waals surface area contributed by atoms with E-state index in [1.165, 1.54) is 64.5 Å². The Kier molecular flexibility index (Phi) is 10.5. The summed E-state index contributed by atoms with van der Waals surface area (Å²) >= 11 is 0. The molecule has 2 heteroatoms. The molecule has 3 atom stereocenters. The molecule has 1 aliphatic rings. The molecule has 0 spiro atoms.